The van der Waals surface area contributed by atoms with Crippen LogP contribution in [0.25, 0.3) is 0 Å². The van der Waals surface area contributed by atoms with Crippen LogP contribution < -0.4 is 0 Å². The van der Waals surface area contributed by atoms with Crippen molar-refractivity contribution in [1.82, 2.24) is 0 Å². The number of rotatable bonds is 4. The highest BCUT2D eigenvalue weighted by molar-refractivity contribution is 7.99. The van der Waals surface area contributed by atoms with Crippen molar-refractivity contribution >= 4 is 11.8 Å². The van der Waals surface area contributed by atoms with Crippen LogP contribution in [-0.2, 0) is 0 Å². The van der Waals surface area contributed by atoms with Gasteiger partial charge in [0, 0.05) is 11.0 Å². The van der Waals surface area contributed by atoms with Crippen LogP contribution in [0.15, 0.2) is 0 Å². The highest BCUT2D eigenvalue weighted by atomic mass is 32.2. The second-order valence-electron chi connectivity index (χ2n) is 3.59. The summed E-state index contributed by atoms with van der Waals surface area (Å²) in [5.41, 5.74) is 0. The second-order valence-corrected chi connectivity index (χ2v) is 4.93. The van der Waals surface area contributed by atoms with E-state index in [0.29, 0.717) is 6.61 Å². The molecule has 12 heavy (non-hydrogen) atoms. The molecule has 72 valence electrons. The normalized spacial score (nSPS) is 30.5. The molecular weight excluding hydrogens is 168 g/mol. The van der Waals surface area contributed by atoms with Gasteiger partial charge in [-0.05, 0) is 18.8 Å². The van der Waals surface area contributed by atoms with Crippen molar-refractivity contribution < 1.29 is 5.11 Å². The molecule has 0 spiro atoms. The van der Waals surface area contributed by atoms with E-state index in [4.69, 9.17) is 5.11 Å². The maximum absolute atomic E-state index is 8.74. The average Bonchev–Trinajstić information content (AvgIpc) is 2.15. The van der Waals surface area contributed by atoms with Gasteiger partial charge in [-0.1, -0.05) is 26.2 Å². The van der Waals surface area contributed by atoms with Gasteiger partial charge in [-0.2, -0.15) is 11.8 Å². The van der Waals surface area contributed by atoms with Crippen molar-refractivity contribution in [1.29, 1.82) is 0 Å². The lowest BCUT2D eigenvalue weighted by Crippen LogP contribution is -2.21. The molecule has 0 aromatic heterocycles. The van der Waals surface area contributed by atoms with Crippen molar-refractivity contribution in [2.24, 2.45) is 5.92 Å². The fourth-order valence-electron chi connectivity index (χ4n) is 2.06. The lowest BCUT2D eigenvalue weighted by atomic mass is 9.87. The van der Waals surface area contributed by atoms with E-state index in [2.05, 4.69) is 6.92 Å². The summed E-state index contributed by atoms with van der Waals surface area (Å²) < 4.78 is 0. The smallest absolute Gasteiger partial charge is 0.0521 e. The van der Waals surface area contributed by atoms with Gasteiger partial charge in [0.15, 0.2) is 0 Å². The standard InChI is InChI=1S/C10H20OS/c1-2-9-5-3-4-6-10(9)12-8-7-11/h9-11H,2-8H2,1H3. The summed E-state index contributed by atoms with van der Waals surface area (Å²) in [5.74, 6) is 1.86. The van der Waals surface area contributed by atoms with Crippen LogP contribution in [0.4, 0.5) is 0 Å². The Morgan fingerprint density at radius 2 is 2.08 bits per heavy atom. The minimum absolute atomic E-state index is 0.345. The average molecular weight is 188 g/mol. The molecule has 1 fully saturated rings. The number of thioether (sulfide) groups is 1. The topological polar surface area (TPSA) is 20.2 Å². The van der Waals surface area contributed by atoms with E-state index in [1.165, 1.54) is 32.1 Å². The van der Waals surface area contributed by atoms with Crippen molar-refractivity contribution in [2.45, 2.75) is 44.3 Å². The Morgan fingerprint density at radius 3 is 2.75 bits per heavy atom. The molecule has 1 nitrogen and oxygen atoms in total. The molecule has 2 unspecified atom stereocenters. The fraction of sp³-hybridized carbons (Fsp3) is 1.00. The molecule has 1 saturated carbocycles. The third-order valence-electron chi connectivity index (χ3n) is 2.79. The number of hydrogen-bond acceptors (Lipinski definition) is 2. The van der Waals surface area contributed by atoms with Crippen molar-refractivity contribution in [3.8, 4) is 0 Å². The quantitative estimate of drug-likeness (QED) is 0.732. The predicted molar refractivity (Wildman–Crippen MR) is 55.6 cm³/mol. The second kappa shape index (κ2) is 5.87. The third kappa shape index (κ3) is 2.98. The third-order valence-corrected chi connectivity index (χ3v) is 4.25. The minimum Gasteiger partial charge on any atom is -0.396 e. The zero-order chi connectivity index (χ0) is 8.81. The van der Waals surface area contributed by atoms with E-state index >= 15 is 0 Å². The highest BCUT2D eigenvalue weighted by Gasteiger charge is 2.23. The Hall–Kier alpha value is 0.310. The van der Waals surface area contributed by atoms with E-state index in [9.17, 15) is 0 Å². The molecule has 1 aliphatic rings. The molecule has 0 saturated heterocycles. The molecule has 0 aliphatic heterocycles. The van der Waals surface area contributed by atoms with Gasteiger partial charge in [0.1, 0.15) is 0 Å². The fourth-order valence-corrected chi connectivity index (χ4v) is 3.41. The largest absolute Gasteiger partial charge is 0.396 e. The zero-order valence-electron chi connectivity index (χ0n) is 7.96. The molecule has 0 aromatic rings. The van der Waals surface area contributed by atoms with Gasteiger partial charge >= 0.3 is 0 Å². The Morgan fingerprint density at radius 1 is 1.33 bits per heavy atom. The number of aliphatic hydroxyl groups excluding tert-OH is 1. The molecule has 0 amide bonds. The summed E-state index contributed by atoms with van der Waals surface area (Å²) in [6.45, 7) is 2.64. The van der Waals surface area contributed by atoms with E-state index in [0.717, 1.165) is 16.9 Å². The zero-order valence-corrected chi connectivity index (χ0v) is 8.78. The monoisotopic (exact) mass is 188 g/mol. The molecule has 0 heterocycles. The Labute approximate surface area is 79.9 Å². The first kappa shape index (κ1) is 10.4. The van der Waals surface area contributed by atoms with Crippen LogP contribution in [0.5, 0.6) is 0 Å². The van der Waals surface area contributed by atoms with Gasteiger partial charge in [-0.15, -0.1) is 0 Å². The van der Waals surface area contributed by atoms with Gasteiger partial charge in [-0.25, -0.2) is 0 Å². The van der Waals surface area contributed by atoms with Gasteiger partial charge < -0.3 is 5.11 Å². The van der Waals surface area contributed by atoms with Crippen LogP contribution >= 0.6 is 11.8 Å². The predicted octanol–water partition coefficient (Wildman–Crippen LogP) is 2.68. The van der Waals surface area contributed by atoms with E-state index in [-0.39, 0.29) is 0 Å². The Balaban J connectivity index is 2.26. The molecule has 0 bridgehead atoms. The summed E-state index contributed by atoms with van der Waals surface area (Å²) in [4.78, 5) is 0. The molecule has 1 rings (SSSR count). The lowest BCUT2D eigenvalue weighted by molar-refractivity contribution is 0.320. The molecule has 1 aliphatic carbocycles. The van der Waals surface area contributed by atoms with Crippen molar-refractivity contribution in [3.05, 3.63) is 0 Å². The molecule has 2 heteroatoms. The maximum Gasteiger partial charge on any atom is 0.0521 e. The minimum atomic E-state index is 0.345. The van der Waals surface area contributed by atoms with Gasteiger partial charge in [-0.3, -0.25) is 0 Å². The lowest BCUT2D eigenvalue weighted by Gasteiger charge is -2.30. The summed E-state index contributed by atoms with van der Waals surface area (Å²) >= 11 is 1.98. The van der Waals surface area contributed by atoms with Crippen LogP contribution in [0.3, 0.4) is 0 Å². The number of hydrogen-bond donors (Lipinski definition) is 1. The van der Waals surface area contributed by atoms with Crippen LogP contribution in [0.1, 0.15) is 39.0 Å². The van der Waals surface area contributed by atoms with Gasteiger partial charge in [0.25, 0.3) is 0 Å². The van der Waals surface area contributed by atoms with E-state index < -0.39 is 0 Å². The highest BCUT2D eigenvalue weighted by Crippen LogP contribution is 2.34. The summed E-state index contributed by atoms with van der Waals surface area (Å²) in [6, 6.07) is 0. The molecule has 2 atom stereocenters. The van der Waals surface area contributed by atoms with E-state index in [1.54, 1.807) is 0 Å². The summed E-state index contributed by atoms with van der Waals surface area (Å²) in [5, 5.41) is 9.58. The first-order valence-electron chi connectivity index (χ1n) is 5.11. The molecule has 0 radical (unpaired) electrons. The van der Waals surface area contributed by atoms with E-state index in [1.807, 2.05) is 11.8 Å². The number of aliphatic hydroxyl groups is 1. The first-order valence-corrected chi connectivity index (χ1v) is 6.15. The summed E-state index contributed by atoms with van der Waals surface area (Å²) in [6.07, 6.45) is 6.94. The van der Waals surface area contributed by atoms with Crippen molar-refractivity contribution in [3.63, 3.8) is 0 Å². The summed E-state index contributed by atoms with van der Waals surface area (Å²) in [7, 11) is 0. The van der Waals surface area contributed by atoms with Gasteiger partial charge in [0.05, 0.1) is 6.61 Å². The van der Waals surface area contributed by atoms with Crippen molar-refractivity contribution in [2.75, 3.05) is 12.4 Å². The molecule has 1 N–H and O–H groups in total. The Bertz CT molecular complexity index is 116. The van der Waals surface area contributed by atoms with Gasteiger partial charge in [0.2, 0.25) is 0 Å². The molecular formula is C10H20OS. The molecule has 0 aromatic carbocycles. The van der Waals surface area contributed by atoms with Crippen LogP contribution in [-0.4, -0.2) is 22.7 Å². The maximum atomic E-state index is 8.74. The van der Waals surface area contributed by atoms with Crippen LogP contribution in [0, 0.1) is 5.92 Å². The van der Waals surface area contributed by atoms with Crippen LogP contribution in [0.2, 0.25) is 0 Å². The first-order chi connectivity index (χ1) is 5.88. The Kier molecular flexibility index (Phi) is 5.08. The SMILES string of the molecule is CCC1CCCCC1SCCO.